The second-order valence-electron chi connectivity index (χ2n) is 6.25. The second kappa shape index (κ2) is 6.59. The zero-order valence-corrected chi connectivity index (χ0v) is 14.5. The Morgan fingerprint density at radius 1 is 1.04 bits per heavy atom. The summed E-state index contributed by atoms with van der Waals surface area (Å²) in [7, 11) is 3.32. The molecule has 4 rings (SSSR count). The Bertz CT molecular complexity index is 907. The first-order valence-corrected chi connectivity index (χ1v) is 8.50. The van der Waals surface area contributed by atoms with E-state index in [1.165, 1.54) is 12.8 Å². The van der Waals surface area contributed by atoms with Crippen LogP contribution in [-0.2, 0) is 6.54 Å². The fraction of sp³-hybridized carbons (Fsp3) is 0.300. The molecule has 0 bridgehead atoms. The lowest BCUT2D eigenvalue weighted by Crippen LogP contribution is -2.06. The van der Waals surface area contributed by atoms with Crippen LogP contribution in [0.25, 0.3) is 10.9 Å². The molecule has 0 atom stereocenters. The Morgan fingerprint density at radius 2 is 1.88 bits per heavy atom. The van der Waals surface area contributed by atoms with Crippen LogP contribution in [0.15, 0.2) is 42.5 Å². The van der Waals surface area contributed by atoms with Gasteiger partial charge in [0.05, 0.1) is 19.7 Å². The summed E-state index contributed by atoms with van der Waals surface area (Å²) in [5, 5.41) is 4.51. The number of aromatic nitrogens is 2. The largest absolute Gasteiger partial charge is 0.497 e. The fourth-order valence-corrected chi connectivity index (χ4v) is 2.93. The van der Waals surface area contributed by atoms with E-state index in [9.17, 15) is 0 Å². The topological polar surface area (TPSA) is 56.3 Å². The Morgan fingerprint density at radius 3 is 2.64 bits per heavy atom. The van der Waals surface area contributed by atoms with Crippen LogP contribution in [0.2, 0.25) is 0 Å². The van der Waals surface area contributed by atoms with Crippen LogP contribution in [0, 0.1) is 0 Å². The molecule has 2 aromatic carbocycles. The van der Waals surface area contributed by atoms with E-state index in [0.29, 0.717) is 12.5 Å². The van der Waals surface area contributed by atoms with Crippen LogP contribution >= 0.6 is 0 Å². The summed E-state index contributed by atoms with van der Waals surface area (Å²) in [6.07, 6.45) is 2.37. The normalized spacial score (nSPS) is 13.7. The average molecular weight is 335 g/mol. The molecule has 25 heavy (non-hydrogen) atoms. The highest BCUT2D eigenvalue weighted by molar-refractivity contribution is 5.89. The van der Waals surface area contributed by atoms with Gasteiger partial charge in [-0.15, -0.1) is 0 Å². The monoisotopic (exact) mass is 335 g/mol. The zero-order chi connectivity index (χ0) is 17.2. The highest BCUT2D eigenvalue weighted by Gasteiger charge is 2.27. The Labute approximate surface area is 147 Å². The number of nitrogens with zero attached hydrogens (tertiary/aromatic N) is 2. The number of hydrogen-bond donors (Lipinski definition) is 1. The van der Waals surface area contributed by atoms with Gasteiger partial charge < -0.3 is 14.8 Å². The van der Waals surface area contributed by atoms with E-state index in [-0.39, 0.29) is 0 Å². The van der Waals surface area contributed by atoms with Gasteiger partial charge in [0.15, 0.2) is 0 Å². The van der Waals surface area contributed by atoms with Gasteiger partial charge in [0.2, 0.25) is 0 Å². The number of para-hydroxylation sites is 1. The molecule has 0 aliphatic heterocycles. The number of methoxy groups -OCH3 is 2. The standard InChI is InChI=1S/C20H21N3O2/c1-24-15-10-9-14(18(11-15)25-2)12-21-20-16-5-3-4-6-17(16)22-19(23-20)13-7-8-13/h3-6,9-11,13H,7-8,12H2,1-2H3,(H,21,22,23). The Hall–Kier alpha value is -2.82. The highest BCUT2D eigenvalue weighted by Crippen LogP contribution is 2.39. The average Bonchev–Trinajstić information content (AvgIpc) is 3.51. The van der Waals surface area contributed by atoms with Gasteiger partial charge in [0.25, 0.3) is 0 Å². The molecule has 1 heterocycles. The molecule has 0 unspecified atom stereocenters. The highest BCUT2D eigenvalue weighted by atomic mass is 16.5. The predicted molar refractivity (Wildman–Crippen MR) is 98.4 cm³/mol. The van der Waals surface area contributed by atoms with Crippen molar-refractivity contribution in [3.8, 4) is 11.5 Å². The van der Waals surface area contributed by atoms with E-state index in [0.717, 1.165) is 39.6 Å². The van der Waals surface area contributed by atoms with Crippen molar-refractivity contribution in [3.05, 3.63) is 53.9 Å². The number of hydrogen-bond acceptors (Lipinski definition) is 5. The lowest BCUT2D eigenvalue weighted by atomic mass is 10.1. The summed E-state index contributed by atoms with van der Waals surface area (Å²) in [4.78, 5) is 9.50. The molecule has 1 N–H and O–H groups in total. The molecule has 0 spiro atoms. The van der Waals surface area contributed by atoms with Gasteiger partial charge in [-0.25, -0.2) is 9.97 Å². The zero-order valence-electron chi connectivity index (χ0n) is 14.5. The molecular formula is C20H21N3O2. The second-order valence-corrected chi connectivity index (χ2v) is 6.25. The van der Waals surface area contributed by atoms with Crippen molar-refractivity contribution in [2.75, 3.05) is 19.5 Å². The van der Waals surface area contributed by atoms with Crippen LogP contribution in [0.5, 0.6) is 11.5 Å². The molecule has 5 heteroatoms. The summed E-state index contributed by atoms with van der Waals surface area (Å²) < 4.78 is 10.7. The molecule has 3 aromatic rings. The fourth-order valence-electron chi connectivity index (χ4n) is 2.93. The van der Waals surface area contributed by atoms with E-state index in [2.05, 4.69) is 11.4 Å². The molecule has 1 fully saturated rings. The third-order valence-corrected chi connectivity index (χ3v) is 4.50. The summed E-state index contributed by atoms with van der Waals surface area (Å²) in [6.45, 7) is 0.623. The maximum Gasteiger partial charge on any atom is 0.137 e. The molecule has 1 aliphatic carbocycles. The van der Waals surface area contributed by atoms with Crippen LogP contribution in [0.1, 0.15) is 30.1 Å². The molecule has 0 saturated heterocycles. The van der Waals surface area contributed by atoms with E-state index in [1.54, 1.807) is 14.2 Å². The minimum Gasteiger partial charge on any atom is -0.497 e. The molecule has 0 amide bonds. The number of anilines is 1. The van der Waals surface area contributed by atoms with Gasteiger partial charge in [-0.05, 0) is 37.1 Å². The Kier molecular flexibility index (Phi) is 4.14. The van der Waals surface area contributed by atoms with Crippen LogP contribution in [-0.4, -0.2) is 24.2 Å². The first-order valence-electron chi connectivity index (χ1n) is 8.50. The molecule has 1 aromatic heterocycles. The maximum absolute atomic E-state index is 5.48. The third-order valence-electron chi connectivity index (χ3n) is 4.50. The van der Waals surface area contributed by atoms with Gasteiger partial charge >= 0.3 is 0 Å². The first kappa shape index (κ1) is 15.7. The molecule has 5 nitrogen and oxygen atoms in total. The minimum absolute atomic E-state index is 0.515. The Balaban J connectivity index is 1.64. The summed E-state index contributed by atoms with van der Waals surface area (Å²) in [6, 6.07) is 14.0. The van der Waals surface area contributed by atoms with Crippen molar-refractivity contribution in [1.29, 1.82) is 0 Å². The van der Waals surface area contributed by atoms with E-state index < -0.39 is 0 Å². The van der Waals surface area contributed by atoms with Crippen molar-refractivity contribution < 1.29 is 9.47 Å². The third kappa shape index (κ3) is 3.22. The number of nitrogens with one attached hydrogen (secondary N) is 1. The minimum atomic E-state index is 0.515. The van der Waals surface area contributed by atoms with Gasteiger partial charge in [-0.2, -0.15) is 0 Å². The van der Waals surface area contributed by atoms with Crippen molar-refractivity contribution >= 4 is 16.7 Å². The summed E-state index contributed by atoms with van der Waals surface area (Å²) in [5.74, 6) is 3.92. The molecule has 128 valence electrons. The summed E-state index contributed by atoms with van der Waals surface area (Å²) in [5.41, 5.74) is 2.04. The number of rotatable bonds is 6. The SMILES string of the molecule is COc1ccc(CNc2nc(C3CC3)nc3ccccc23)c(OC)c1. The predicted octanol–water partition coefficient (Wildman–Crippen LogP) is 4.14. The van der Waals surface area contributed by atoms with Crippen molar-refractivity contribution in [1.82, 2.24) is 9.97 Å². The molecule has 0 radical (unpaired) electrons. The van der Waals surface area contributed by atoms with E-state index in [1.807, 2.05) is 36.4 Å². The van der Waals surface area contributed by atoms with E-state index >= 15 is 0 Å². The van der Waals surface area contributed by atoms with Gasteiger partial charge in [0, 0.05) is 29.5 Å². The quantitative estimate of drug-likeness (QED) is 0.734. The molecule has 1 aliphatic rings. The van der Waals surface area contributed by atoms with Crippen LogP contribution < -0.4 is 14.8 Å². The van der Waals surface area contributed by atoms with Crippen molar-refractivity contribution in [3.63, 3.8) is 0 Å². The smallest absolute Gasteiger partial charge is 0.137 e. The lowest BCUT2D eigenvalue weighted by Gasteiger charge is -2.13. The number of fused-ring (bicyclic) bond motifs is 1. The van der Waals surface area contributed by atoms with Gasteiger partial charge in [-0.1, -0.05) is 12.1 Å². The maximum atomic E-state index is 5.48. The molecule has 1 saturated carbocycles. The van der Waals surface area contributed by atoms with Crippen LogP contribution in [0.4, 0.5) is 5.82 Å². The van der Waals surface area contributed by atoms with Crippen molar-refractivity contribution in [2.24, 2.45) is 0 Å². The van der Waals surface area contributed by atoms with Crippen molar-refractivity contribution in [2.45, 2.75) is 25.3 Å². The summed E-state index contributed by atoms with van der Waals surface area (Å²) >= 11 is 0. The van der Waals surface area contributed by atoms with Gasteiger partial charge in [-0.3, -0.25) is 0 Å². The van der Waals surface area contributed by atoms with E-state index in [4.69, 9.17) is 19.4 Å². The lowest BCUT2D eigenvalue weighted by molar-refractivity contribution is 0.391. The first-order chi connectivity index (χ1) is 12.3. The number of benzene rings is 2. The molecular weight excluding hydrogens is 314 g/mol. The van der Waals surface area contributed by atoms with Crippen LogP contribution in [0.3, 0.4) is 0 Å². The van der Waals surface area contributed by atoms with Gasteiger partial charge in [0.1, 0.15) is 23.1 Å². The number of ether oxygens (including phenoxy) is 2.